The Morgan fingerprint density at radius 1 is 1.19 bits per heavy atom. The van der Waals surface area contributed by atoms with E-state index in [0.717, 1.165) is 5.56 Å². The van der Waals surface area contributed by atoms with E-state index in [2.05, 4.69) is 20.8 Å². The second-order valence-corrected chi connectivity index (χ2v) is 4.84. The summed E-state index contributed by atoms with van der Waals surface area (Å²) in [4.78, 5) is 22.8. The molecule has 0 radical (unpaired) electrons. The number of aromatic nitrogens is 2. The summed E-state index contributed by atoms with van der Waals surface area (Å²) in [5.41, 5.74) is 1.90. The highest BCUT2D eigenvalue weighted by molar-refractivity contribution is 6.30. The average Bonchev–Trinajstić information content (AvgIpc) is 2.93. The first kappa shape index (κ1) is 15.1. The van der Waals surface area contributed by atoms with Gasteiger partial charge in [-0.15, -0.1) is 0 Å². The normalized spacial score (nSPS) is 10.2. The number of halogens is 1. The van der Waals surface area contributed by atoms with Gasteiger partial charge in [-0.3, -0.25) is 14.7 Å². The molecule has 21 heavy (non-hydrogen) atoms. The summed E-state index contributed by atoms with van der Waals surface area (Å²) in [6, 6.07) is 7.11. The molecule has 2 amide bonds. The lowest BCUT2D eigenvalue weighted by Crippen LogP contribution is -2.33. The van der Waals surface area contributed by atoms with Crippen LogP contribution in [-0.2, 0) is 4.79 Å². The number of carbonyl (C=O) groups excluding carboxylic acids is 2. The molecule has 0 spiro atoms. The summed E-state index contributed by atoms with van der Waals surface area (Å²) in [7, 11) is 0. The maximum atomic E-state index is 12.1. The van der Waals surface area contributed by atoms with Gasteiger partial charge in [0.05, 0.1) is 17.5 Å². The second kappa shape index (κ2) is 6.90. The van der Waals surface area contributed by atoms with Crippen molar-refractivity contribution in [1.29, 1.82) is 0 Å². The molecule has 0 atom stereocenters. The molecule has 2 rings (SSSR count). The molecule has 110 valence electrons. The number of nitrogens with zero attached hydrogens (tertiary/aromatic N) is 1. The second-order valence-electron chi connectivity index (χ2n) is 4.40. The maximum Gasteiger partial charge on any atom is 0.255 e. The smallest absolute Gasteiger partial charge is 0.255 e. The van der Waals surface area contributed by atoms with Crippen LogP contribution in [0, 0.1) is 0 Å². The van der Waals surface area contributed by atoms with E-state index in [9.17, 15) is 9.59 Å². The van der Waals surface area contributed by atoms with E-state index in [1.54, 1.807) is 12.1 Å². The average molecular weight is 307 g/mol. The van der Waals surface area contributed by atoms with E-state index in [0.29, 0.717) is 29.4 Å². The van der Waals surface area contributed by atoms with Crippen LogP contribution in [0.4, 0.5) is 0 Å². The van der Waals surface area contributed by atoms with Gasteiger partial charge in [0.15, 0.2) is 0 Å². The van der Waals surface area contributed by atoms with E-state index in [-0.39, 0.29) is 11.8 Å². The summed E-state index contributed by atoms with van der Waals surface area (Å²) in [6.45, 7) is 2.16. The molecule has 0 bridgehead atoms. The Kier molecular flexibility index (Phi) is 4.94. The molecule has 0 saturated carbocycles. The van der Waals surface area contributed by atoms with E-state index >= 15 is 0 Å². The molecule has 0 aliphatic carbocycles. The van der Waals surface area contributed by atoms with Crippen LogP contribution in [0.25, 0.3) is 11.3 Å². The van der Waals surface area contributed by atoms with Crippen molar-refractivity contribution in [3.05, 3.63) is 41.0 Å². The van der Waals surface area contributed by atoms with Gasteiger partial charge in [0.25, 0.3) is 5.91 Å². The van der Waals surface area contributed by atoms with Gasteiger partial charge < -0.3 is 10.6 Å². The third-order valence-corrected chi connectivity index (χ3v) is 3.05. The molecule has 1 aromatic carbocycles. The molecule has 1 aromatic heterocycles. The quantitative estimate of drug-likeness (QED) is 0.733. The van der Waals surface area contributed by atoms with Crippen LogP contribution in [0.3, 0.4) is 0 Å². The minimum atomic E-state index is -0.251. The van der Waals surface area contributed by atoms with Crippen molar-refractivity contribution in [3.63, 3.8) is 0 Å². The Morgan fingerprint density at radius 3 is 2.52 bits per heavy atom. The van der Waals surface area contributed by atoms with Crippen molar-refractivity contribution in [3.8, 4) is 11.3 Å². The van der Waals surface area contributed by atoms with Gasteiger partial charge >= 0.3 is 0 Å². The van der Waals surface area contributed by atoms with Crippen molar-refractivity contribution in [2.75, 3.05) is 13.1 Å². The Balaban J connectivity index is 2.04. The standard InChI is InChI=1S/C14H15ClN4O2/c1-9(20)16-6-7-17-14(21)12-8-18-19-13(12)10-2-4-11(15)5-3-10/h2-5,8H,6-7H2,1H3,(H,16,20)(H,17,21)(H,18,19). The topological polar surface area (TPSA) is 86.9 Å². The number of amides is 2. The summed E-state index contributed by atoms with van der Waals surface area (Å²) in [5, 5.41) is 12.7. The largest absolute Gasteiger partial charge is 0.355 e. The number of H-pyrrole nitrogens is 1. The van der Waals surface area contributed by atoms with Crippen LogP contribution in [0.2, 0.25) is 5.02 Å². The van der Waals surface area contributed by atoms with E-state index in [1.807, 2.05) is 12.1 Å². The van der Waals surface area contributed by atoms with Crippen molar-refractivity contribution in [2.45, 2.75) is 6.92 Å². The van der Waals surface area contributed by atoms with Gasteiger partial charge in [0.1, 0.15) is 0 Å². The van der Waals surface area contributed by atoms with Gasteiger partial charge in [-0.2, -0.15) is 5.10 Å². The molecule has 0 saturated heterocycles. The molecule has 7 heteroatoms. The minimum absolute atomic E-state index is 0.130. The van der Waals surface area contributed by atoms with E-state index in [1.165, 1.54) is 13.1 Å². The molecule has 2 aromatic rings. The van der Waals surface area contributed by atoms with Crippen LogP contribution in [0.15, 0.2) is 30.5 Å². The summed E-state index contributed by atoms with van der Waals surface area (Å²) in [5.74, 6) is -0.381. The molecule has 6 nitrogen and oxygen atoms in total. The first-order valence-electron chi connectivity index (χ1n) is 6.40. The van der Waals surface area contributed by atoms with Gasteiger partial charge in [0.2, 0.25) is 5.91 Å². The number of benzene rings is 1. The predicted octanol–water partition coefficient (Wildman–Crippen LogP) is 1.60. The maximum absolute atomic E-state index is 12.1. The highest BCUT2D eigenvalue weighted by atomic mass is 35.5. The SMILES string of the molecule is CC(=O)NCCNC(=O)c1cn[nH]c1-c1ccc(Cl)cc1. The minimum Gasteiger partial charge on any atom is -0.355 e. The Labute approximate surface area is 126 Å². The lowest BCUT2D eigenvalue weighted by Gasteiger charge is -2.06. The van der Waals surface area contributed by atoms with Crippen molar-refractivity contribution in [2.24, 2.45) is 0 Å². The molecule has 0 fully saturated rings. The van der Waals surface area contributed by atoms with Crippen LogP contribution in [0.5, 0.6) is 0 Å². The number of hydrogen-bond acceptors (Lipinski definition) is 3. The third kappa shape index (κ3) is 4.06. The number of hydrogen-bond donors (Lipinski definition) is 3. The Bertz CT molecular complexity index is 637. The molecular weight excluding hydrogens is 292 g/mol. The first-order valence-corrected chi connectivity index (χ1v) is 6.77. The highest BCUT2D eigenvalue weighted by Crippen LogP contribution is 2.22. The molecule has 0 aliphatic rings. The molecule has 3 N–H and O–H groups in total. The zero-order chi connectivity index (χ0) is 15.2. The Morgan fingerprint density at radius 2 is 1.86 bits per heavy atom. The van der Waals surface area contributed by atoms with Gasteiger partial charge in [-0.05, 0) is 12.1 Å². The van der Waals surface area contributed by atoms with E-state index < -0.39 is 0 Å². The predicted molar refractivity (Wildman–Crippen MR) is 80.1 cm³/mol. The fourth-order valence-corrected chi connectivity index (χ4v) is 1.93. The van der Waals surface area contributed by atoms with Crippen LogP contribution in [0.1, 0.15) is 17.3 Å². The number of aromatic amines is 1. The van der Waals surface area contributed by atoms with Crippen LogP contribution >= 0.6 is 11.6 Å². The molecular formula is C14H15ClN4O2. The van der Waals surface area contributed by atoms with Gasteiger partial charge in [-0.1, -0.05) is 23.7 Å². The molecule has 0 unspecified atom stereocenters. The van der Waals surface area contributed by atoms with Crippen LogP contribution < -0.4 is 10.6 Å². The summed E-state index contributed by atoms with van der Waals surface area (Å²) >= 11 is 5.85. The molecule has 0 aliphatic heterocycles. The first-order chi connectivity index (χ1) is 10.1. The van der Waals surface area contributed by atoms with Crippen molar-refractivity contribution in [1.82, 2.24) is 20.8 Å². The molecule has 1 heterocycles. The third-order valence-electron chi connectivity index (χ3n) is 2.80. The van der Waals surface area contributed by atoms with Gasteiger partial charge in [-0.25, -0.2) is 0 Å². The number of carbonyl (C=O) groups is 2. The van der Waals surface area contributed by atoms with Crippen LogP contribution in [-0.4, -0.2) is 35.1 Å². The monoisotopic (exact) mass is 306 g/mol. The zero-order valence-corrected chi connectivity index (χ0v) is 12.2. The summed E-state index contributed by atoms with van der Waals surface area (Å²) < 4.78 is 0. The van der Waals surface area contributed by atoms with Gasteiger partial charge in [0, 0.05) is 30.6 Å². The van der Waals surface area contributed by atoms with Crippen molar-refractivity contribution >= 4 is 23.4 Å². The number of nitrogens with one attached hydrogen (secondary N) is 3. The fraction of sp³-hybridized carbons (Fsp3) is 0.214. The van der Waals surface area contributed by atoms with E-state index in [4.69, 9.17) is 11.6 Å². The summed E-state index contributed by atoms with van der Waals surface area (Å²) in [6.07, 6.45) is 1.47. The number of rotatable bonds is 5. The highest BCUT2D eigenvalue weighted by Gasteiger charge is 2.14. The lowest BCUT2D eigenvalue weighted by molar-refractivity contribution is -0.118. The Hall–Kier alpha value is -2.34. The van der Waals surface area contributed by atoms with Crippen molar-refractivity contribution < 1.29 is 9.59 Å². The zero-order valence-electron chi connectivity index (χ0n) is 11.4. The fourth-order valence-electron chi connectivity index (χ4n) is 1.80. The lowest BCUT2D eigenvalue weighted by atomic mass is 10.1.